The highest BCUT2D eigenvalue weighted by Crippen LogP contribution is 2.52. The van der Waals surface area contributed by atoms with Gasteiger partial charge >= 0.3 is 22.7 Å². The van der Waals surface area contributed by atoms with Crippen molar-refractivity contribution in [3.05, 3.63) is 183 Å². The molecule has 22 heteroatoms. The molecule has 0 unspecified atom stereocenters. The first kappa shape index (κ1) is 42.7. The summed E-state index contributed by atoms with van der Waals surface area (Å²) in [6.07, 6.45) is 0. The average molecular weight is 1060 g/mol. The van der Waals surface area contributed by atoms with Crippen molar-refractivity contribution in [3.8, 4) is 11.5 Å². The molecule has 0 saturated heterocycles. The second-order valence-electron chi connectivity index (χ2n) is 14.9. The second kappa shape index (κ2) is 16.0. The van der Waals surface area contributed by atoms with Crippen LogP contribution in [0.3, 0.4) is 0 Å². The van der Waals surface area contributed by atoms with E-state index in [1.165, 1.54) is 0 Å². The summed E-state index contributed by atoms with van der Waals surface area (Å²) in [5.41, 5.74) is 2.43. The monoisotopic (exact) mass is 1060 g/mol. The quantitative estimate of drug-likeness (QED) is 0.121. The van der Waals surface area contributed by atoms with Gasteiger partial charge in [0.2, 0.25) is 0 Å². The maximum Gasteiger partial charge on any atom is 0.820 e. The van der Waals surface area contributed by atoms with Crippen LogP contribution in [0.5, 0.6) is 11.5 Å². The summed E-state index contributed by atoms with van der Waals surface area (Å²) < 4.78 is 39.2. The van der Waals surface area contributed by atoms with Gasteiger partial charge in [-0.2, -0.15) is 0 Å². The van der Waals surface area contributed by atoms with Crippen LogP contribution in [-0.2, 0) is 8.14 Å². The zero-order valence-electron chi connectivity index (χ0n) is 32.7. The molecule has 8 aromatic rings. The highest BCUT2D eigenvalue weighted by atomic mass is 35.5. The number of halogens is 8. The van der Waals surface area contributed by atoms with Crippen molar-refractivity contribution in [2.75, 3.05) is 0 Å². The number of benzene rings is 6. The lowest BCUT2D eigenvalue weighted by molar-refractivity contribution is 0.294. The number of hydrogen-bond donors (Lipinski definition) is 0. The van der Waals surface area contributed by atoms with E-state index in [4.69, 9.17) is 135 Å². The molecule has 0 aliphatic carbocycles. The van der Waals surface area contributed by atoms with Crippen LogP contribution in [0.2, 0.25) is 40.2 Å². The zero-order valence-corrected chi connectivity index (χ0v) is 40.7. The first-order chi connectivity index (χ1) is 31.8. The predicted molar refractivity (Wildman–Crippen MR) is 264 cm³/mol. The molecule has 0 atom stereocenters. The van der Waals surface area contributed by atoms with E-state index in [2.05, 4.69) is 0 Å². The average Bonchev–Trinajstić information content (AvgIpc) is 3.96. The van der Waals surface area contributed by atoms with E-state index in [1.807, 2.05) is 0 Å². The smallest absolute Gasteiger partial charge is 0.397 e. The molecule has 12 rings (SSSR count). The molecule has 0 radical (unpaired) electrons. The van der Waals surface area contributed by atoms with Gasteiger partial charge < -0.3 is 19.7 Å². The maximum absolute atomic E-state index is 15.9. The number of phosphoric acid groups is 1. The molecule has 6 aromatic carbocycles. The molecule has 6 bridgehead atoms. The van der Waals surface area contributed by atoms with Crippen molar-refractivity contribution in [1.82, 2.24) is 7.10 Å². The van der Waals surface area contributed by atoms with Crippen LogP contribution >= 0.6 is 101 Å². The van der Waals surface area contributed by atoms with Gasteiger partial charge in [0.25, 0.3) is 0 Å². The normalized spacial score (nSPS) is 14.5. The second-order valence-corrected chi connectivity index (χ2v) is 22.0. The van der Waals surface area contributed by atoms with Gasteiger partial charge in [-0.3, -0.25) is 0 Å². The number of amidine groups is 4. The minimum absolute atomic E-state index is 0.183. The number of phosphoric ester groups is 1. The van der Waals surface area contributed by atoms with Crippen molar-refractivity contribution < 1.29 is 17.2 Å². The van der Waals surface area contributed by atoms with Crippen LogP contribution in [0.25, 0.3) is 21.5 Å². The van der Waals surface area contributed by atoms with Gasteiger partial charge in [0.05, 0.1) is 40.2 Å². The van der Waals surface area contributed by atoms with Crippen LogP contribution in [0.1, 0.15) is 22.3 Å². The Morgan fingerprint density at radius 1 is 0.409 bits per heavy atom. The number of fused-ring (bicyclic) bond motifs is 14. The van der Waals surface area contributed by atoms with Crippen molar-refractivity contribution >= 4 is 172 Å². The molecule has 12 nitrogen and oxygen atoms in total. The molecule has 0 saturated carbocycles. The van der Waals surface area contributed by atoms with Gasteiger partial charge in [0.1, 0.15) is 34.1 Å². The topological polar surface area (TPSA) is 129 Å². The zero-order chi connectivity index (χ0) is 45.3. The molecule has 4 aliphatic heterocycles. The molecule has 66 heavy (non-hydrogen) atoms. The van der Waals surface area contributed by atoms with Crippen LogP contribution in [0.15, 0.2) is 139 Å². The lowest BCUT2D eigenvalue weighted by atomic mass is 10.1. The van der Waals surface area contributed by atoms with E-state index < -0.39 is 22.7 Å². The Balaban J connectivity index is 1.31. The van der Waals surface area contributed by atoms with Gasteiger partial charge in [-0.25, -0.2) is 34.5 Å². The fourth-order valence-electron chi connectivity index (χ4n) is 8.05. The standard InChI is InChI=1S/C32H8Cl8N8.C12H11O4P.Al/c33-17-1-9-10(2-18(17)34)26-41-25(9)45-27-11-3-19(35)20(36)4-12(11)29(42-27)47-31-15-7-23(39)24(40)8-16(15)32(44-31)48-30-14-6-22(38)21(37)5-13(14)28(43-30)46-26;13-17(14,15-11-7-3-1-4-8-11)16-12-9-5-2-6-10-12;/h1-8H;1-10H,(H,13,14);/q-2;;+3/p-1. The van der Waals surface area contributed by atoms with Crippen LogP contribution in [0, 0.1) is 0 Å². The van der Waals surface area contributed by atoms with E-state index in [-0.39, 0.29) is 97.6 Å². The summed E-state index contributed by atoms with van der Waals surface area (Å²) in [7, 11) is -4.84. The summed E-state index contributed by atoms with van der Waals surface area (Å²) in [6, 6.07) is 30.2. The van der Waals surface area contributed by atoms with Crippen molar-refractivity contribution in [1.29, 1.82) is 0 Å². The predicted octanol–water partition coefficient (Wildman–Crippen LogP) is 13.4. The number of aromatic nitrogens is 2. The molecule has 6 heterocycles. The summed E-state index contributed by atoms with van der Waals surface area (Å²) in [5.74, 6) is 1.55. The lowest BCUT2D eigenvalue weighted by Gasteiger charge is -2.24. The van der Waals surface area contributed by atoms with Gasteiger partial charge in [-0.05, 0) is 72.8 Å². The fraction of sp³-hybridized carbons (Fsp3) is 0. The third-order valence-corrected chi connectivity index (χ3v) is 18.3. The van der Waals surface area contributed by atoms with E-state index >= 15 is 4.57 Å². The first-order valence-corrected chi connectivity index (χ1v) is 25.4. The van der Waals surface area contributed by atoms with Gasteiger partial charge in [0.15, 0.2) is 23.3 Å². The number of para-hydroxylation sites is 2. The van der Waals surface area contributed by atoms with Crippen LogP contribution in [0.4, 0.5) is 11.6 Å². The number of aliphatic imine (C=N–C) groups is 4. The van der Waals surface area contributed by atoms with Gasteiger partial charge in [0, 0.05) is 43.8 Å². The maximum atomic E-state index is 15.9. The Labute approximate surface area is 417 Å². The molecule has 322 valence electrons. The van der Waals surface area contributed by atoms with Crippen LogP contribution < -0.4 is 20.0 Å². The Morgan fingerprint density at radius 3 is 1.12 bits per heavy atom. The number of nitrogens with zero attached hydrogens (tertiary/aromatic N) is 8. The fourth-order valence-corrected chi connectivity index (χ4v) is 14.0. The SMILES string of the molecule is O=P(Oc1ccccc1)(Oc1ccccc1)[O][Al]1[n]2c3c4cc(Cl)c(Cl)cc4c2N=C2N=C(N=c4c5cc(Cl)c(Cl)cc5c([n]41)=NC1=NC(=N3)c3cc(Cl)c(Cl)cc31)c1cc(Cl)c(Cl)cc12. The van der Waals surface area contributed by atoms with E-state index in [1.54, 1.807) is 116 Å². The third-order valence-electron chi connectivity index (χ3n) is 10.9. The highest BCUT2D eigenvalue weighted by molar-refractivity contribution is 7.50. The molecule has 0 spiro atoms. The Hall–Kier alpha value is -4.68. The van der Waals surface area contributed by atoms with Crippen molar-refractivity contribution in [2.45, 2.75) is 0 Å². The molecule has 0 fully saturated rings. The third kappa shape index (κ3) is 6.96. The van der Waals surface area contributed by atoms with Gasteiger partial charge in [-0.15, -0.1) is 0 Å². The van der Waals surface area contributed by atoms with Crippen molar-refractivity contribution in [2.24, 2.45) is 30.0 Å². The minimum atomic E-state index is -4.84. The number of hydrogen-bond acceptors (Lipinski definition) is 10. The Kier molecular flexibility index (Phi) is 10.3. The molecule has 0 N–H and O–H groups in total. The summed E-state index contributed by atoms with van der Waals surface area (Å²) >= 11 is 50.2. The lowest BCUT2D eigenvalue weighted by Crippen LogP contribution is -2.48. The highest BCUT2D eigenvalue weighted by Gasteiger charge is 2.50. The van der Waals surface area contributed by atoms with E-state index in [0.29, 0.717) is 43.8 Å². The molecular weight excluding hydrogens is 1050 g/mol. The Morgan fingerprint density at radius 2 is 0.742 bits per heavy atom. The largest absolute Gasteiger partial charge is 0.820 e. The molecular formula is C44H18AlCl8N8O4P. The van der Waals surface area contributed by atoms with E-state index in [9.17, 15) is 0 Å². The number of rotatable bonds is 6. The van der Waals surface area contributed by atoms with E-state index in [0.717, 1.165) is 0 Å². The molecule has 4 aliphatic rings. The van der Waals surface area contributed by atoms with Gasteiger partial charge in [-0.1, -0.05) is 129 Å². The molecule has 2 aromatic heterocycles. The minimum Gasteiger partial charge on any atom is -0.397 e. The summed E-state index contributed by atoms with van der Waals surface area (Å²) in [6.45, 7) is 0. The van der Waals surface area contributed by atoms with Crippen LogP contribution in [-0.4, -0.2) is 45.4 Å². The van der Waals surface area contributed by atoms with Crippen molar-refractivity contribution in [3.63, 3.8) is 0 Å². The Bertz CT molecular complexity index is 3610. The first-order valence-electron chi connectivity index (χ1n) is 19.4. The molecule has 0 amide bonds. The summed E-state index contributed by atoms with van der Waals surface area (Å²) in [4.78, 5) is 31.0. The summed E-state index contributed by atoms with van der Waals surface area (Å²) in [5, 5.41) is 3.57.